The van der Waals surface area contributed by atoms with Crippen LogP contribution in [0.3, 0.4) is 0 Å². The molecule has 2 aromatic rings. The van der Waals surface area contributed by atoms with Crippen LogP contribution in [0, 0.1) is 5.92 Å². The minimum atomic E-state index is -4.66. The Bertz CT molecular complexity index is 1040. The number of nitrogens with zero attached hydrogens (tertiary/aromatic N) is 1. The van der Waals surface area contributed by atoms with Gasteiger partial charge in [0.1, 0.15) is 5.75 Å². The number of carbonyl (C=O) groups excluding carboxylic acids is 3. The Hall–Kier alpha value is -3.27. The number of para-hydroxylation sites is 1. The summed E-state index contributed by atoms with van der Waals surface area (Å²) in [6, 6.07) is 9.14. The molecule has 0 aliphatic carbocycles. The Kier molecular flexibility index (Phi) is 6.93. The third kappa shape index (κ3) is 5.31. The highest BCUT2D eigenvalue weighted by Crippen LogP contribution is 2.36. The van der Waals surface area contributed by atoms with Gasteiger partial charge in [0, 0.05) is 18.0 Å². The molecular weight excluding hydrogens is 453 g/mol. The summed E-state index contributed by atoms with van der Waals surface area (Å²) in [5, 5.41) is 2.45. The highest BCUT2D eigenvalue weighted by molar-refractivity contribution is 6.31. The summed E-state index contributed by atoms with van der Waals surface area (Å²) < 4.78 is 49.2. The molecule has 170 valence electrons. The maximum Gasteiger partial charge on any atom is 0.418 e. The van der Waals surface area contributed by atoms with E-state index in [9.17, 15) is 27.6 Å². The maximum atomic E-state index is 13.0. The summed E-state index contributed by atoms with van der Waals surface area (Å²) in [5.74, 6) is -2.59. The summed E-state index contributed by atoms with van der Waals surface area (Å²) >= 11 is 5.99. The Balaban J connectivity index is 1.60. The number of carbonyl (C=O) groups is 3. The van der Waals surface area contributed by atoms with Crippen molar-refractivity contribution in [2.75, 3.05) is 30.5 Å². The Morgan fingerprint density at radius 2 is 1.94 bits per heavy atom. The highest BCUT2D eigenvalue weighted by Gasteiger charge is 2.38. The van der Waals surface area contributed by atoms with Crippen LogP contribution in [0.1, 0.15) is 12.0 Å². The van der Waals surface area contributed by atoms with Crippen LogP contribution < -0.4 is 15.0 Å². The monoisotopic (exact) mass is 470 g/mol. The van der Waals surface area contributed by atoms with Gasteiger partial charge in [-0.3, -0.25) is 14.4 Å². The molecule has 2 amide bonds. The summed E-state index contributed by atoms with van der Waals surface area (Å²) in [5.41, 5.74) is -1.08. The number of nitrogens with one attached hydrogen (secondary N) is 1. The second-order valence-corrected chi connectivity index (χ2v) is 7.36. The van der Waals surface area contributed by atoms with Crippen molar-refractivity contribution >= 4 is 40.8 Å². The molecule has 1 atom stereocenters. The lowest BCUT2D eigenvalue weighted by Crippen LogP contribution is -2.28. The van der Waals surface area contributed by atoms with Crippen molar-refractivity contribution in [1.29, 1.82) is 0 Å². The molecule has 1 N–H and O–H groups in total. The van der Waals surface area contributed by atoms with E-state index in [2.05, 4.69) is 5.32 Å². The number of alkyl halides is 3. The SMILES string of the molecule is COc1ccc(Cl)cc1N1C[C@H](C(=O)OCC(=O)Nc2ccccc2C(F)(F)F)CC1=O. The van der Waals surface area contributed by atoms with Crippen LogP contribution >= 0.6 is 11.6 Å². The van der Waals surface area contributed by atoms with Gasteiger partial charge in [-0.2, -0.15) is 13.2 Å². The van der Waals surface area contributed by atoms with Crippen molar-refractivity contribution in [3.8, 4) is 5.75 Å². The largest absolute Gasteiger partial charge is 0.495 e. The van der Waals surface area contributed by atoms with Gasteiger partial charge < -0.3 is 19.7 Å². The summed E-state index contributed by atoms with van der Waals surface area (Å²) in [4.78, 5) is 38.1. The molecule has 1 heterocycles. The quantitative estimate of drug-likeness (QED) is 0.647. The van der Waals surface area contributed by atoms with Crippen molar-refractivity contribution in [3.05, 3.63) is 53.1 Å². The summed E-state index contributed by atoms with van der Waals surface area (Å²) in [6.07, 6.45) is -4.82. The first kappa shape index (κ1) is 23.4. The normalized spacial score (nSPS) is 16.1. The lowest BCUT2D eigenvalue weighted by molar-refractivity contribution is -0.151. The van der Waals surface area contributed by atoms with E-state index >= 15 is 0 Å². The second kappa shape index (κ2) is 9.47. The Morgan fingerprint density at radius 1 is 1.22 bits per heavy atom. The first-order valence-electron chi connectivity index (χ1n) is 9.36. The number of amides is 2. The molecule has 0 aromatic heterocycles. The molecule has 32 heavy (non-hydrogen) atoms. The average molecular weight is 471 g/mol. The molecule has 1 fully saturated rings. The maximum absolute atomic E-state index is 13.0. The Morgan fingerprint density at radius 3 is 2.62 bits per heavy atom. The van der Waals surface area contributed by atoms with E-state index in [1.54, 1.807) is 12.1 Å². The number of benzene rings is 2. The summed E-state index contributed by atoms with van der Waals surface area (Å²) in [6.45, 7) is -0.816. The number of rotatable bonds is 6. The van der Waals surface area contributed by atoms with Crippen LogP contribution in [0.2, 0.25) is 5.02 Å². The first-order chi connectivity index (χ1) is 15.1. The van der Waals surface area contributed by atoms with Crippen LogP contribution in [-0.4, -0.2) is 38.0 Å². The summed E-state index contributed by atoms with van der Waals surface area (Å²) in [7, 11) is 1.43. The van der Waals surface area contributed by atoms with E-state index in [-0.39, 0.29) is 18.9 Å². The smallest absolute Gasteiger partial charge is 0.418 e. The van der Waals surface area contributed by atoms with E-state index in [1.807, 2.05) is 0 Å². The van der Waals surface area contributed by atoms with Gasteiger partial charge in [-0.05, 0) is 30.3 Å². The molecule has 0 spiro atoms. The topological polar surface area (TPSA) is 84.9 Å². The van der Waals surface area contributed by atoms with Crippen LogP contribution in [0.15, 0.2) is 42.5 Å². The van der Waals surface area contributed by atoms with E-state index in [0.717, 1.165) is 12.1 Å². The van der Waals surface area contributed by atoms with Gasteiger partial charge in [0.15, 0.2) is 6.61 Å². The van der Waals surface area contributed by atoms with Crippen LogP contribution in [0.5, 0.6) is 5.75 Å². The first-order valence-corrected chi connectivity index (χ1v) is 9.74. The van der Waals surface area contributed by atoms with Gasteiger partial charge in [0.25, 0.3) is 5.91 Å². The molecule has 0 saturated carbocycles. The van der Waals surface area contributed by atoms with Gasteiger partial charge in [0.2, 0.25) is 5.91 Å². The van der Waals surface area contributed by atoms with E-state index in [4.69, 9.17) is 21.1 Å². The third-order valence-electron chi connectivity index (χ3n) is 4.74. The molecule has 3 rings (SSSR count). The van der Waals surface area contributed by atoms with Crippen molar-refractivity contribution < 1.29 is 37.0 Å². The van der Waals surface area contributed by atoms with Crippen LogP contribution in [-0.2, 0) is 25.3 Å². The van der Waals surface area contributed by atoms with Crippen molar-refractivity contribution in [1.82, 2.24) is 0 Å². The molecular formula is C21H18ClF3N2O5. The molecule has 7 nitrogen and oxygen atoms in total. The number of hydrogen-bond acceptors (Lipinski definition) is 5. The standard InChI is InChI=1S/C21H18ClF3N2O5/c1-31-17-7-6-13(22)9-16(17)27-10-12(8-19(27)29)20(30)32-11-18(28)26-15-5-3-2-4-14(15)21(23,24)25/h2-7,9,12H,8,10-11H2,1H3,(H,26,28)/t12-/m1/s1. The van der Waals surface area contributed by atoms with Gasteiger partial charge in [-0.1, -0.05) is 23.7 Å². The number of esters is 1. The minimum absolute atomic E-state index is 0.0209. The van der Waals surface area contributed by atoms with Gasteiger partial charge >= 0.3 is 12.1 Å². The molecule has 0 bridgehead atoms. The van der Waals surface area contributed by atoms with Crippen LogP contribution in [0.4, 0.5) is 24.5 Å². The van der Waals surface area contributed by atoms with Crippen LogP contribution in [0.25, 0.3) is 0 Å². The van der Waals surface area contributed by atoms with E-state index < -0.39 is 41.8 Å². The fourth-order valence-electron chi connectivity index (χ4n) is 3.25. The predicted octanol–water partition coefficient (Wildman–Crippen LogP) is 3.90. The number of anilines is 2. The molecule has 1 saturated heterocycles. The number of methoxy groups -OCH3 is 1. The molecule has 1 aliphatic heterocycles. The molecule has 0 radical (unpaired) electrons. The molecule has 2 aromatic carbocycles. The fraction of sp³-hybridized carbons (Fsp3) is 0.286. The van der Waals surface area contributed by atoms with E-state index in [0.29, 0.717) is 16.5 Å². The minimum Gasteiger partial charge on any atom is -0.495 e. The van der Waals surface area contributed by atoms with Gasteiger partial charge in [-0.15, -0.1) is 0 Å². The lowest BCUT2D eigenvalue weighted by atomic mass is 10.1. The molecule has 11 heteroatoms. The van der Waals surface area contributed by atoms with Crippen molar-refractivity contribution in [2.24, 2.45) is 5.92 Å². The number of halogens is 4. The predicted molar refractivity (Wildman–Crippen MR) is 109 cm³/mol. The van der Waals surface area contributed by atoms with Gasteiger partial charge in [0.05, 0.1) is 30.0 Å². The number of ether oxygens (including phenoxy) is 2. The second-order valence-electron chi connectivity index (χ2n) is 6.92. The average Bonchev–Trinajstić information content (AvgIpc) is 3.13. The van der Waals surface area contributed by atoms with E-state index in [1.165, 1.54) is 30.2 Å². The third-order valence-corrected chi connectivity index (χ3v) is 4.98. The lowest BCUT2D eigenvalue weighted by Gasteiger charge is -2.19. The zero-order chi connectivity index (χ0) is 23.5. The fourth-order valence-corrected chi connectivity index (χ4v) is 3.42. The zero-order valence-corrected chi connectivity index (χ0v) is 17.5. The molecule has 1 aliphatic rings. The molecule has 0 unspecified atom stereocenters. The van der Waals surface area contributed by atoms with Crippen molar-refractivity contribution in [2.45, 2.75) is 12.6 Å². The highest BCUT2D eigenvalue weighted by atomic mass is 35.5. The number of hydrogen-bond donors (Lipinski definition) is 1. The Labute approximate surface area is 186 Å². The van der Waals surface area contributed by atoms with Gasteiger partial charge in [-0.25, -0.2) is 0 Å². The van der Waals surface area contributed by atoms with Crippen molar-refractivity contribution in [3.63, 3.8) is 0 Å². The zero-order valence-electron chi connectivity index (χ0n) is 16.7.